The Morgan fingerprint density at radius 2 is 1.96 bits per heavy atom. The number of nitrogens with one attached hydrogen (secondary N) is 1. The second-order valence-corrected chi connectivity index (χ2v) is 6.43. The van der Waals surface area contributed by atoms with Crippen molar-refractivity contribution in [2.45, 2.75) is 0 Å². The van der Waals surface area contributed by atoms with Crippen LogP contribution in [-0.2, 0) is 0 Å². The third-order valence-electron chi connectivity index (χ3n) is 3.12. The molecule has 0 aromatic heterocycles. The monoisotopic (exact) mass is 398 g/mol. The van der Waals surface area contributed by atoms with Gasteiger partial charge in [-0.05, 0) is 36.6 Å². The van der Waals surface area contributed by atoms with Crippen molar-refractivity contribution >= 4 is 57.7 Å². The normalized spacial score (nSPS) is 10.2. The van der Waals surface area contributed by atoms with E-state index in [1.165, 1.54) is 4.90 Å². The second kappa shape index (κ2) is 9.56. The molecule has 132 valence electrons. The Hall–Kier alpha value is -1.89. The van der Waals surface area contributed by atoms with E-state index in [1.54, 1.807) is 54.8 Å². The number of nitrogens with zero attached hydrogens (tertiary/aromatic N) is 1. The molecule has 2 aromatic carbocycles. The van der Waals surface area contributed by atoms with Crippen molar-refractivity contribution < 1.29 is 14.3 Å². The van der Waals surface area contributed by atoms with Crippen LogP contribution in [0.5, 0.6) is 5.75 Å². The van der Waals surface area contributed by atoms with E-state index in [4.69, 9.17) is 27.9 Å². The standard InChI is InChI=1S/C17H16Cl2N2O3S/c1-25-16(22)20-13-5-3-7-15(11-13)24-17(23)21(9-8-18)14-6-2-4-12(19)10-14/h2-7,10-11H,8-9H2,1H3,(H,20,22). The first-order valence-electron chi connectivity index (χ1n) is 7.29. The molecule has 0 aliphatic rings. The molecule has 0 radical (unpaired) electrons. The van der Waals surface area contributed by atoms with Gasteiger partial charge < -0.3 is 10.1 Å². The fourth-order valence-corrected chi connectivity index (χ4v) is 2.59. The number of anilines is 2. The van der Waals surface area contributed by atoms with Crippen LogP contribution >= 0.6 is 35.0 Å². The van der Waals surface area contributed by atoms with E-state index in [0.717, 1.165) is 11.8 Å². The van der Waals surface area contributed by atoms with Crippen molar-refractivity contribution in [1.82, 2.24) is 0 Å². The van der Waals surface area contributed by atoms with Crippen molar-refractivity contribution in [2.75, 3.05) is 28.9 Å². The summed E-state index contributed by atoms with van der Waals surface area (Å²) in [5.74, 6) is 0.552. The summed E-state index contributed by atoms with van der Waals surface area (Å²) in [6.45, 7) is 0.267. The molecule has 0 heterocycles. The summed E-state index contributed by atoms with van der Waals surface area (Å²) in [6.07, 6.45) is 1.09. The molecule has 0 atom stereocenters. The number of benzene rings is 2. The molecule has 25 heavy (non-hydrogen) atoms. The van der Waals surface area contributed by atoms with Crippen molar-refractivity contribution in [3.05, 3.63) is 53.6 Å². The topological polar surface area (TPSA) is 58.6 Å². The number of ether oxygens (including phenoxy) is 1. The minimum absolute atomic E-state index is 0.203. The van der Waals surface area contributed by atoms with Crippen molar-refractivity contribution in [1.29, 1.82) is 0 Å². The first-order chi connectivity index (χ1) is 12.0. The highest BCUT2D eigenvalue weighted by Gasteiger charge is 2.18. The number of alkyl halides is 1. The highest BCUT2D eigenvalue weighted by atomic mass is 35.5. The number of rotatable bonds is 5. The molecule has 0 spiro atoms. The lowest BCUT2D eigenvalue weighted by Crippen LogP contribution is -2.35. The van der Waals surface area contributed by atoms with Crippen LogP contribution in [0.1, 0.15) is 0 Å². The minimum Gasteiger partial charge on any atom is -0.410 e. The van der Waals surface area contributed by atoms with Gasteiger partial charge >= 0.3 is 6.09 Å². The van der Waals surface area contributed by atoms with Crippen LogP contribution < -0.4 is 15.0 Å². The molecule has 5 nitrogen and oxygen atoms in total. The molecular weight excluding hydrogens is 383 g/mol. The zero-order valence-corrected chi connectivity index (χ0v) is 15.7. The molecular formula is C17H16Cl2N2O3S. The zero-order valence-electron chi connectivity index (χ0n) is 13.4. The van der Waals surface area contributed by atoms with E-state index in [-0.39, 0.29) is 17.7 Å². The Morgan fingerprint density at radius 1 is 1.20 bits per heavy atom. The van der Waals surface area contributed by atoms with E-state index in [2.05, 4.69) is 5.32 Å². The molecule has 8 heteroatoms. The van der Waals surface area contributed by atoms with E-state index < -0.39 is 6.09 Å². The number of halogens is 2. The van der Waals surface area contributed by atoms with Gasteiger partial charge in [0.05, 0.1) is 0 Å². The Bertz CT molecular complexity index is 758. The van der Waals surface area contributed by atoms with E-state index in [9.17, 15) is 9.59 Å². The highest BCUT2D eigenvalue weighted by molar-refractivity contribution is 8.13. The number of thioether (sulfide) groups is 1. The Morgan fingerprint density at radius 3 is 2.64 bits per heavy atom. The summed E-state index contributed by atoms with van der Waals surface area (Å²) in [4.78, 5) is 25.3. The third-order valence-corrected chi connectivity index (χ3v) is 4.00. The minimum atomic E-state index is -0.587. The maximum absolute atomic E-state index is 12.5. The number of amides is 2. The average Bonchev–Trinajstić information content (AvgIpc) is 2.59. The summed E-state index contributed by atoms with van der Waals surface area (Å²) >= 11 is 12.8. The molecule has 2 rings (SSSR count). The molecule has 2 amide bonds. The fourth-order valence-electron chi connectivity index (χ4n) is 2.02. The maximum Gasteiger partial charge on any atom is 0.419 e. The zero-order chi connectivity index (χ0) is 18.2. The van der Waals surface area contributed by atoms with Gasteiger partial charge in [-0.3, -0.25) is 9.69 Å². The summed E-state index contributed by atoms with van der Waals surface area (Å²) < 4.78 is 5.41. The van der Waals surface area contributed by atoms with Crippen LogP contribution in [0.15, 0.2) is 48.5 Å². The molecule has 0 bridgehead atoms. The number of hydrogen-bond acceptors (Lipinski definition) is 4. The van der Waals surface area contributed by atoms with Crippen LogP contribution in [0.25, 0.3) is 0 Å². The highest BCUT2D eigenvalue weighted by Crippen LogP contribution is 2.23. The van der Waals surface area contributed by atoms with Gasteiger partial charge in [0.2, 0.25) is 0 Å². The third kappa shape index (κ3) is 5.85. The van der Waals surface area contributed by atoms with Crippen LogP contribution in [0.2, 0.25) is 5.02 Å². The molecule has 0 unspecified atom stereocenters. The summed E-state index contributed by atoms with van der Waals surface area (Å²) in [7, 11) is 0. The lowest BCUT2D eigenvalue weighted by atomic mass is 10.3. The van der Waals surface area contributed by atoms with Crippen LogP contribution in [0.4, 0.5) is 21.0 Å². The van der Waals surface area contributed by atoms with E-state index in [0.29, 0.717) is 22.1 Å². The Balaban J connectivity index is 2.15. The predicted octanol–water partition coefficient (Wildman–Crippen LogP) is 5.48. The van der Waals surface area contributed by atoms with Gasteiger partial charge in [0.25, 0.3) is 5.24 Å². The predicted molar refractivity (Wildman–Crippen MR) is 105 cm³/mol. The number of carbonyl (C=O) groups excluding carboxylic acids is 2. The van der Waals surface area contributed by atoms with Crippen molar-refractivity contribution in [2.24, 2.45) is 0 Å². The fraction of sp³-hybridized carbons (Fsp3) is 0.176. The molecule has 0 fully saturated rings. The molecule has 0 aliphatic heterocycles. The number of hydrogen-bond donors (Lipinski definition) is 1. The second-order valence-electron chi connectivity index (χ2n) is 4.83. The lowest BCUT2D eigenvalue weighted by molar-refractivity contribution is 0.208. The Kier molecular flexibility index (Phi) is 7.43. The van der Waals surface area contributed by atoms with E-state index >= 15 is 0 Å². The summed E-state index contributed by atoms with van der Waals surface area (Å²) in [5.41, 5.74) is 1.13. The lowest BCUT2D eigenvalue weighted by Gasteiger charge is -2.21. The van der Waals surface area contributed by atoms with Gasteiger partial charge in [0, 0.05) is 34.9 Å². The van der Waals surface area contributed by atoms with Gasteiger partial charge in [0.15, 0.2) is 0 Å². The molecule has 0 saturated carbocycles. The van der Waals surface area contributed by atoms with E-state index in [1.807, 2.05) is 0 Å². The summed E-state index contributed by atoms with van der Waals surface area (Å²) in [6, 6.07) is 13.5. The van der Waals surface area contributed by atoms with Crippen LogP contribution in [-0.4, -0.2) is 30.0 Å². The largest absolute Gasteiger partial charge is 0.419 e. The first kappa shape index (κ1) is 19.4. The van der Waals surface area contributed by atoms with Gasteiger partial charge in [-0.1, -0.05) is 35.5 Å². The molecule has 0 aliphatic carbocycles. The Labute approximate surface area is 160 Å². The molecule has 1 N–H and O–H groups in total. The van der Waals surface area contributed by atoms with Crippen LogP contribution in [0.3, 0.4) is 0 Å². The van der Waals surface area contributed by atoms with Crippen LogP contribution in [0, 0.1) is 0 Å². The van der Waals surface area contributed by atoms with Gasteiger partial charge in [-0.15, -0.1) is 11.6 Å². The molecule has 0 saturated heterocycles. The summed E-state index contributed by atoms with van der Waals surface area (Å²) in [5, 5.41) is 2.98. The number of carbonyl (C=O) groups is 2. The van der Waals surface area contributed by atoms with Gasteiger partial charge in [0.1, 0.15) is 5.75 Å². The average molecular weight is 399 g/mol. The van der Waals surface area contributed by atoms with Gasteiger partial charge in [-0.25, -0.2) is 4.79 Å². The molecule has 2 aromatic rings. The first-order valence-corrected chi connectivity index (χ1v) is 9.43. The quantitative estimate of drug-likeness (QED) is 0.677. The van der Waals surface area contributed by atoms with Crippen molar-refractivity contribution in [3.8, 4) is 5.75 Å². The maximum atomic E-state index is 12.5. The van der Waals surface area contributed by atoms with Gasteiger partial charge in [-0.2, -0.15) is 0 Å². The van der Waals surface area contributed by atoms with Crippen molar-refractivity contribution in [3.63, 3.8) is 0 Å². The SMILES string of the molecule is CSC(=O)Nc1cccc(OC(=O)N(CCCl)c2cccc(Cl)c2)c1. The smallest absolute Gasteiger partial charge is 0.410 e.